The van der Waals surface area contributed by atoms with Crippen LogP contribution in [0.15, 0.2) is 18.2 Å². The third-order valence-corrected chi connectivity index (χ3v) is 3.12. The van der Waals surface area contributed by atoms with Crippen LogP contribution >= 0.6 is 11.6 Å². The molecule has 1 N–H and O–H groups in total. The molecule has 0 amide bonds. The molecule has 2 aromatic rings. The molecule has 1 aromatic carbocycles. The monoisotopic (exact) mass is 265 g/mol. The van der Waals surface area contributed by atoms with E-state index < -0.39 is 0 Å². The molecule has 0 aliphatic heterocycles. The van der Waals surface area contributed by atoms with Crippen molar-refractivity contribution in [1.82, 2.24) is 14.9 Å². The first-order chi connectivity index (χ1) is 8.40. The van der Waals surface area contributed by atoms with Gasteiger partial charge in [-0.3, -0.25) is 0 Å². The fourth-order valence-corrected chi connectivity index (χ4v) is 2.14. The van der Waals surface area contributed by atoms with Crippen LogP contribution in [-0.4, -0.2) is 15.1 Å². The van der Waals surface area contributed by atoms with Crippen LogP contribution in [0.1, 0.15) is 33.5 Å². The van der Waals surface area contributed by atoms with Gasteiger partial charge in [0.2, 0.25) is 0 Å². The lowest BCUT2D eigenvalue weighted by molar-refractivity contribution is 0.413. The highest BCUT2D eigenvalue weighted by Crippen LogP contribution is 2.21. The highest BCUT2D eigenvalue weighted by molar-refractivity contribution is 6.31. The van der Waals surface area contributed by atoms with E-state index in [9.17, 15) is 0 Å². The normalized spacial score (nSPS) is 12.3. The second-order valence-electron chi connectivity index (χ2n) is 5.51. The molecule has 0 aliphatic rings. The lowest BCUT2D eigenvalue weighted by atomic mass is 10.1. The Morgan fingerprint density at radius 1 is 1.33 bits per heavy atom. The van der Waals surface area contributed by atoms with Crippen LogP contribution in [0.2, 0.25) is 5.02 Å². The Balaban J connectivity index is 2.38. The molecule has 0 atom stereocenters. The Hall–Kier alpha value is -1.06. The summed E-state index contributed by atoms with van der Waals surface area (Å²) in [7, 11) is 0. The lowest BCUT2D eigenvalue weighted by Gasteiger charge is -2.20. The third kappa shape index (κ3) is 2.85. The third-order valence-electron chi connectivity index (χ3n) is 2.88. The summed E-state index contributed by atoms with van der Waals surface area (Å²) in [4.78, 5) is 4.67. The van der Waals surface area contributed by atoms with Crippen LogP contribution in [0.25, 0.3) is 11.0 Å². The molecule has 0 fully saturated rings. The highest BCUT2D eigenvalue weighted by Gasteiger charge is 2.13. The number of benzene rings is 1. The van der Waals surface area contributed by atoms with E-state index in [1.54, 1.807) is 0 Å². The van der Waals surface area contributed by atoms with E-state index in [0.29, 0.717) is 0 Å². The smallest absolute Gasteiger partial charge is 0.123 e. The summed E-state index contributed by atoms with van der Waals surface area (Å²) in [6.45, 7) is 10.3. The largest absolute Gasteiger partial charge is 0.327 e. The Bertz CT molecular complexity index is 552. The van der Waals surface area contributed by atoms with Gasteiger partial charge in [0, 0.05) is 17.1 Å². The van der Waals surface area contributed by atoms with E-state index >= 15 is 0 Å². The van der Waals surface area contributed by atoms with Gasteiger partial charge in [0.05, 0.1) is 17.6 Å². The minimum absolute atomic E-state index is 0.0916. The Morgan fingerprint density at radius 2 is 2.06 bits per heavy atom. The van der Waals surface area contributed by atoms with Crippen molar-refractivity contribution in [3.63, 3.8) is 0 Å². The zero-order chi connectivity index (χ0) is 13.3. The molecule has 0 bridgehead atoms. The van der Waals surface area contributed by atoms with E-state index in [0.717, 1.165) is 35.0 Å². The molecule has 0 spiro atoms. The lowest BCUT2D eigenvalue weighted by Crippen LogP contribution is -2.35. The van der Waals surface area contributed by atoms with Crippen molar-refractivity contribution < 1.29 is 0 Å². The predicted octanol–water partition coefficient (Wildman–Crippen LogP) is 3.60. The highest BCUT2D eigenvalue weighted by atomic mass is 35.5. The molecule has 0 unspecified atom stereocenters. The molecule has 98 valence electrons. The zero-order valence-electron chi connectivity index (χ0n) is 11.4. The number of aromatic nitrogens is 2. The zero-order valence-corrected chi connectivity index (χ0v) is 12.2. The summed E-state index contributed by atoms with van der Waals surface area (Å²) in [5.74, 6) is 1.06. The minimum Gasteiger partial charge on any atom is -0.327 e. The summed E-state index contributed by atoms with van der Waals surface area (Å²) >= 11 is 6.05. The summed E-state index contributed by atoms with van der Waals surface area (Å²) in [5, 5.41) is 4.23. The van der Waals surface area contributed by atoms with Crippen molar-refractivity contribution in [2.24, 2.45) is 0 Å². The molecule has 2 rings (SSSR count). The van der Waals surface area contributed by atoms with Gasteiger partial charge in [0.25, 0.3) is 0 Å². The van der Waals surface area contributed by atoms with Crippen LogP contribution in [0, 0.1) is 0 Å². The van der Waals surface area contributed by atoms with Gasteiger partial charge in [-0.05, 0) is 45.9 Å². The van der Waals surface area contributed by atoms with Crippen molar-refractivity contribution in [2.75, 3.05) is 0 Å². The molecule has 4 heteroatoms. The Labute approximate surface area is 113 Å². The van der Waals surface area contributed by atoms with Crippen molar-refractivity contribution >= 4 is 22.6 Å². The maximum atomic E-state index is 6.05. The van der Waals surface area contributed by atoms with Crippen LogP contribution in [0.5, 0.6) is 0 Å². The minimum atomic E-state index is 0.0916. The number of nitrogens with zero attached hydrogens (tertiary/aromatic N) is 2. The number of aryl methyl sites for hydroxylation is 1. The van der Waals surface area contributed by atoms with Gasteiger partial charge >= 0.3 is 0 Å². The average molecular weight is 266 g/mol. The van der Waals surface area contributed by atoms with Gasteiger partial charge in [-0.25, -0.2) is 4.98 Å². The number of fused-ring (bicyclic) bond motifs is 1. The first-order valence-electron chi connectivity index (χ1n) is 6.30. The molecule has 1 heterocycles. The van der Waals surface area contributed by atoms with Crippen molar-refractivity contribution in [3.8, 4) is 0 Å². The molecular formula is C14H20ClN3. The van der Waals surface area contributed by atoms with Gasteiger partial charge in [0.15, 0.2) is 0 Å². The van der Waals surface area contributed by atoms with E-state index in [2.05, 4.69) is 42.6 Å². The summed E-state index contributed by atoms with van der Waals surface area (Å²) in [6.07, 6.45) is 0. The molecule has 0 radical (unpaired) electrons. The first kappa shape index (κ1) is 13.4. The number of rotatable bonds is 3. The summed E-state index contributed by atoms with van der Waals surface area (Å²) in [5.41, 5.74) is 2.21. The first-order valence-corrected chi connectivity index (χ1v) is 6.68. The molecule has 1 aromatic heterocycles. The van der Waals surface area contributed by atoms with Crippen molar-refractivity contribution in [2.45, 2.75) is 46.3 Å². The SMILES string of the molecule is CCn1c(CNC(C)(C)C)nc2ccc(Cl)cc21. The van der Waals surface area contributed by atoms with Gasteiger partial charge in [-0.1, -0.05) is 11.6 Å². The number of imidazole rings is 1. The van der Waals surface area contributed by atoms with Crippen molar-refractivity contribution in [1.29, 1.82) is 0 Å². The second-order valence-corrected chi connectivity index (χ2v) is 5.95. The van der Waals surface area contributed by atoms with Crippen LogP contribution in [-0.2, 0) is 13.1 Å². The fraction of sp³-hybridized carbons (Fsp3) is 0.500. The number of hydrogen-bond donors (Lipinski definition) is 1. The summed E-state index contributed by atoms with van der Waals surface area (Å²) in [6, 6.07) is 5.84. The van der Waals surface area contributed by atoms with Crippen LogP contribution in [0.3, 0.4) is 0 Å². The molecular weight excluding hydrogens is 246 g/mol. The van der Waals surface area contributed by atoms with Gasteiger partial charge in [-0.15, -0.1) is 0 Å². The predicted molar refractivity (Wildman–Crippen MR) is 77.0 cm³/mol. The van der Waals surface area contributed by atoms with Crippen molar-refractivity contribution in [3.05, 3.63) is 29.0 Å². The maximum absolute atomic E-state index is 6.05. The van der Waals surface area contributed by atoms with Crippen LogP contribution in [0.4, 0.5) is 0 Å². The Morgan fingerprint density at radius 3 is 2.67 bits per heavy atom. The molecule has 0 aliphatic carbocycles. The number of nitrogens with one attached hydrogen (secondary N) is 1. The second kappa shape index (κ2) is 4.90. The maximum Gasteiger partial charge on any atom is 0.123 e. The average Bonchev–Trinajstić information content (AvgIpc) is 2.62. The molecule has 3 nitrogen and oxygen atoms in total. The molecule has 0 saturated carbocycles. The quantitative estimate of drug-likeness (QED) is 0.919. The van der Waals surface area contributed by atoms with E-state index in [1.165, 1.54) is 0 Å². The molecule has 18 heavy (non-hydrogen) atoms. The van der Waals surface area contributed by atoms with Gasteiger partial charge in [0.1, 0.15) is 5.82 Å². The standard InChI is InChI=1S/C14H20ClN3/c1-5-18-12-8-10(15)6-7-11(12)17-13(18)9-16-14(2,3)4/h6-8,16H,5,9H2,1-4H3. The molecule has 0 saturated heterocycles. The number of halogens is 1. The van der Waals surface area contributed by atoms with E-state index in [4.69, 9.17) is 11.6 Å². The van der Waals surface area contributed by atoms with E-state index in [-0.39, 0.29) is 5.54 Å². The topological polar surface area (TPSA) is 29.9 Å². The van der Waals surface area contributed by atoms with Crippen LogP contribution < -0.4 is 5.32 Å². The summed E-state index contributed by atoms with van der Waals surface area (Å²) < 4.78 is 2.21. The van der Waals surface area contributed by atoms with Gasteiger partial charge in [-0.2, -0.15) is 0 Å². The van der Waals surface area contributed by atoms with E-state index in [1.807, 2.05) is 18.2 Å². The van der Waals surface area contributed by atoms with Gasteiger partial charge < -0.3 is 9.88 Å². The Kier molecular flexibility index (Phi) is 3.64. The fourth-order valence-electron chi connectivity index (χ4n) is 1.98. The number of hydrogen-bond acceptors (Lipinski definition) is 2.